The van der Waals surface area contributed by atoms with Crippen LogP contribution in [-0.4, -0.2) is 7.11 Å². The van der Waals surface area contributed by atoms with Crippen molar-refractivity contribution in [1.29, 1.82) is 0 Å². The maximum Gasteiger partial charge on any atom is 0.222 e. The average molecular weight is 293 g/mol. The molecule has 0 saturated carbocycles. The second-order valence-corrected chi connectivity index (χ2v) is 6.75. The minimum absolute atomic E-state index is 0.528. The van der Waals surface area contributed by atoms with Crippen LogP contribution in [0.3, 0.4) is 0 Å². The summed E-state index contributed by atoms with van der Waals surface area (Å²) in [5, 5.41) is 0.594. The zero-order valence-corrected chi connectivity index (χ0v) is 12.7. The van der Waals surface area contributed by atoms with Crippen molar-refractivity contribution >= 4 is 30.8 Å². The molecule has 0 saturated heterocycles. The Labute approximate surface area is 118 Å². The lowest BCUT2D eigenvalue weighted by atomic mass is 10.2. The molecule has 3 nitrogen and oxygen atoms in total. The summed E-state index contributed by atoms with van der Waals surface area (Å²) in [6.45, 7) is 2.00. The number of nitrogen functional groups attached to an aromatic ring is 1. The van der Waals surface area contributed by atoms with E-state index in [-0.39, 0.29) is 0 Å². The van der Waals surface area contributed by atoms with E-state index >= 15 is 0 Å². The number of anilines is 1. The van der Waals surface area contributed by atoms with Gasteiger partial charge in [0.2, 0.25) is 8.03 Å². The Hall–Kier alpha value is -1.22. The highest BCUT2D eigenvalue weighted by Gasteiger charge is 2.11. The van der Waals surface area contributed by atoms with Gasteiger partial charge in [-0.25, -0.2) is 0 Å². The smallest absolute Gasteiger partial charge is 0.222 e. The van der Waals surface area contributed by atoms with Gasteiger partial charge >= 0.3 is 0 Å². The summed E-state index contributed by atoms with van der Waals surface area (Å²) in [7, 11) is -0.820. The molecule has 2 aromatic rings. The van der Waals surface area contributed by atoms with Crippen LogP contribution < -0.4 is 11.0 Å². The van der Waals surface area contributed by atoms with Crippen LogP contribution in [-0.2, 0) is 9.09 Å². The van der Waals surface area contributed by atoms with Gasteiger partial charge in [-0.1, -0.05) is 30.0 Å². The third-order valence-electron chi connectivity index (χ3n) is 2.72. The van der Waals surface area contributed by atoms with Gasteiger partial charge < -0.3 is 10.3 Å². The number of nitrogens with two attached hydrogens (primary N) is 1. The first-order valence-electron chi connectivity index (χ1n) is 5.83. The molecule has 0 aliphatic rings. The van der Waals surface area contributed by atoms with Crippen molar-refractivity contribution in [3.8, 4) is 0 Å². The van der Waals surface area contributed by atoms with Crippen LogP contribution in [0.25, 0.3) is 0 Å². The van der Waals surface area contributed by atoms with Crippen molar-refractivity contribution in [3.05, 3.63) is 48.0 Å². The highest BCUT2D eigenvalue weighted by Crippen LogP contribution is 2.33. The number of rotatable bonds is 4. The molecule has 0 amide bonds. The molecule has 5 heteroatoms. The van der Waals surface area contributed by atoms with Crippen molar-refractivity contribution in [2.75, 3.05) is 12.8 Å². The molecule has 2 aromatic carbocycles. The van der Waals surface area contributed by atoms with Gasteiger partial charge in [0.15, 0.2) is 0 Å². The van der Waals surface area contributed by atoms with Crippen LogP contribution in [0.15, 0.2) is 52.3 Å². The van der Waals surface area contributed by atoms with Gasteiger partial charge in [-0.05, 0) is 36.8 Å². The molecular weight excluding hydrogens is 277 g/mol. The zero-order chi connectivity index (χ0) is 13.8. The summed E-state index contributed by atoms with van der Waals surface area (Å²) in [6.07, 6.45) is 0. The van der Waals surface area contributed by atoms with Crippen LogP contribution >= 0.6 is 19.8 Å². The number of aryl methyl sites for hydroxylation is 1. The summed E-state index contributed by atoms with van der Waals surface area (Å²) in [5.74, 6) is 0. The quantitative estimate of drug-likeness (QED) is 0.692. The fourth-order valence-corrected chi connectivity index (χ4v) is 3.56. The lowest BCUT2D eigenvalue weighted by Crippen LogP contribution is -2.07. The van der Waals surface area contributed by atoms with E-state index in [0.29, 0.717) is 11.0 Å². The molecule has 0 aliphatic heterocycles. The average Bonchev–Trinajstić information content (AvgIpc) is 2.42. The molecule has 1 unspecified atom stereocenters. The molecule has 0 bridgehead atoms. The molecule has 2 N–H and O–H groups in total. The van der Waals surface area contributed by atoms with Crippen LogP contribution in [0.1, 0.15) is 5.56 Å². The predicted molar refractivity (Wildman–Crippen MR) is 81.8 cm³/mol. The summed E-state index contributed by atoms with van der Waals surface area (Å²) in [4.78, 5) is 2.18. The molecular formula is C14H16NO2PS. The number of hydrogen-bond acceptors (Lipinski definition) is 4. The van der Waals surface area contributed by atoms with Gasteiger partial charge in [0.05, 0.1) is 5.30 Å². The minimum atomic E-state index is -2.25. The number of benzene rings is 2. The second-order valence-electron chi connectivity index (χ2n) is 4.11. The fourth-order valence-electron chi connectivity index (χ4n) is 1.72. The van der Waals surface area contributed by atoms with E-state index in [9.17, 15) is 4.57 Å². The van der Waals surface area contributed by atoms with Crippen LogP contribution in [0.4, 0.5) is 5.69 Å². The van der Waals surface area contributed by atoms with Gasteiger partial charge in [-0.2, -0.15) is 0 Å². The Balaban J connectivity index is 2.38. The molecule has 0 aromatic heterocycles. The van der Waals surface area contributed by atoms with Crippen molar-refractivity contribution in [2.45, 2.75) is 16.7 Å². The highest BCUT2D eigenvalue weighted by molar-refractivity contribution is 7.99. The van der Waals surface area contributed by atoms with E-state index in [1.807, 2.05) is 49.4 Å². The molecule has 2 rings (SSSR count). The highest BCUT2D eigenvalue weighted by atomic mass is 32.2. The minimum Gasteiger partial charge on any atom is -0.398 e. The van der Waals surface area contributed by atoms with Crippen LogP contribution in [0.2, 0.25) is 0 Å². The Bertz CT molecular complexity index is 602. The molecule has 0 spiro atoms. The van der Waals surface area contributed by atoms with Gasteiger partial charge in [0.25, 0.3) is 0 Å². The van der Waals surface area contributed by atoms with E-state index in [1.165, 1.54) is 7.11 Å². The van der Waals surface area contributed by atoms with E-state index < -0.39 is 8.03 Å². The Morgan fingerprint density at radius 2 is 1.89 bits per heavy atom. The normalized spacial score (nSPS) is 12.3. The molecule has 100 valence electrons. The lowest BCUT2D eigenvalue weighted by molar-refractivity contribution is 0.423. The summed E-state index contributed by atoms with van der Waals surface area (Å²) >= 11 is 1.63. The molecule has 19 heavy (non-hydrogen) atoms. The number of hydrogen-bond donors (Lipinski definition) is 1. The molecule has 0 fully saturated rings. The van der Waals surface area contributed by atoms with Crippen molar-refractivity contribution in [1.82, 2.24) is 0 Å². The van der Waals surface area contributed by atoms with Gasteiger partial charge in [0, 0.05) is 22.6 Å². The fraction of sp³-hybridized carbons (Fsp3) is 0.143. The Kier molecular flexibility index (Phi) is 4.70. The first kappa shape index (κ1) is 14.2. The molecule has 0 aliphatic carbocycles. The van der Waals surface area contributed by atoms with E-state index in [4.69, 9.17) is 10.3 Å². The molecule has 1 atom stereocenters. The summed E-state index contributed by atoms with van der Waals surface area (Å²) < 4.78 is 16.7. The van der Waals surface area contributed by atoms with E-state index in [1.54, 1.807) is 11.8 Å². The maximum atomic E-state index is 11.8. The third kappa shape index (κ3) is 3.41. The molecule has 0 heterocycles. The van der Waals surface area contributed by atoms with E-state index in [2.05, 4.69) is 0 Å². The maximum absolute atomic E-state index is 11.8. The summed E-state index contributed by atoms with van der Waals surface area (Å²) in [6, 6.07) is 13.8. The Morgan fingerprint density at radius 1 is 1.21 bits per heavy atom. The SMILES string of the molecule is CO[PH](=O)c1cc(Sc2ccccc2)c(C)cc1N. The standard InChI is InChI=1S/C14H16NO2PS/c1-10-8-12(15)13(18(16)17-2)9-14(10)19-11-6-4-3-5-7-11/h3-9,18H,15H2,1-2H3. The monoisotopic (exact) mass is 293 g/mol. The lowest BCUT2D eigenvalue weighted by Gasteiger charge is -2.11. The van der Waals surface area contributed by atoms with Crippen LogP contribution in [0.5, 0.6) is 0 Å². The largest absolute Gasteiger partial charge is 0.398 e. The van der Waals surface area contributed by atoms with Gasteiger partial charge in [-0.3, -0.25) is 4.57 Å². The topological polar surface area (TPSA) is 52.3 Å². The zero-order valence-electron chi connectivity index (χ0n) is 10.8. The first-order valence-corrected chi connectivity index (χ1v) is 7.96. The van der Waals surface area contributed by atoms with E-state index in [0.717, 1.165) is 15.4 Å². The Morgan fingerprint density at radius 3 is 2.53 bits per heavy atom. The van der Waals surface area contributed by atoms with Gasteiger partial charge in [-0.15, -0.1) is 0 Å². The first-order chi connectivity index (χ1) is 9.11. The third-order valence-corrected chi connectivity index (χ3v) is 5.13. The summed E-state index contributed by atoms with van der Waals surface area (Å²) in [5.41, 5.74) is 7.50. The van der Waals surface area contributed by atoms with Crippen molar-refractivity contribution in [3.63, 3.8) is 0 Å². The van der Waals surface area contributed by atoms with Crippen LogP contribution in [0, 0.1) is 6.92 Å². The predicted octanol–water partition coefficient (Wildman–Crippen LogP) is 3.47. The van der Waals surface area contributed by atoms with Crippen molar-refractivity contribution < 1.29 is 9.09 Å². The van der Waals surface area contributed by atoms with Gasteiger partial charge in [0.1, 0.15) is 0 Å². The second kappa shape index (κ2) is 6.29. The molecule has 0 radical (unpaired) electrons. The van der Waals surface area contributed by atoms with Crippen molar-refractivity contribution in [2.24, 2.45) is 0 Å².